The molecule has 1 rings (SSSR count). The largest absolute Gasteiger partial charge is 0.511 e. The number of carbonyl (C=O) groups excluding carboxylic acids is 1. The zero-order valence-corrected chi connectivity index (χ0v) is 8.55. The summed E-state index contributed by atoms with van der Waals surface area (Å²) in [5, 5.41) is 0. The molecule has 0 amide bonds. The van der Waals surface area contributed by atoms with E-state index in [2.05, 4.69) is 9.47 Å². The lowest BCUT2D eigenvalue weighted by Crippen LogP contribution is -2.37. The second-order valence-electron chi connectivity index (χ2n) is 3.22. The Labute approximate surface area is 89.7 Å². The van der Waals surface area contributed by atoms with Crippen molar-refractivity contribution in [1.29, 1.82) is 0 Å². The van der Waals surface area contributed by atoms with Crippen LogP contribution in [0.5, 0.6) is 0 Å². The van der Waals surface area contributed by atoms with Crippen molar-refractivity contribution in [3.05, 3.63) is 0 Å². The third-order valence-electron chi connectivity index (χ3n) is 1.96. The average Bonchev–Trinajstić information content (AvgIpc) is 2.34. The van der Waals surface area contributed by atoms with E-state index < -0.39 is 30.8 Å². The van der Waals surface area contributed by atoms with Gasteiger partial charge in [0.15, 0.2) is 6.10 Å². The van der Waals surface area contributed by atoms with Crippen molar-refractivity contribution in [1.82, 2.24) is 0 Å². The second kappa shape index (κ2) is 4.22. The maximum atomic E-state index is 11.7. The van der Waals surface area contributed by atoms with Gasteiger partial charge in [0.05, 0.1) is 0 Å². The summed E-state index contributed by atoms with van der Waals surface area (Å²) in [5.41, 5.74) is 0. The number of alkyl halides is 3. The molecule has 1 heterocycles. The summed E-state index contributed by atoms with van der Waals surface area (Å²) in [4.78, 5) is 10.7. The molecular weight excluding hydrogens is 229 g/mol. The highest BCUT2D eigenvalue weighted by Gasteiger charge is 2.46. The molecule has 90 valence electrons. The van der Waals surface area contributed by atoms with Gasteiger partial charge < -0.3 is 14.2 Å². The van der Waals surface area contributed by atoms with Crippen LogP contribution in [0.2, 0.25) is 0 Å². The number of cyclic esters (lactones) is 2. The average molecular weight is 238 g/mol. The van der Waals surface area contributed by atoms with Gasteiger partial charge in [0, 0.05) is 12.8 Å². The van der Waals surface area contributed by atoms with Gasteiger partial charge in [0.25, 0.3) is 5.79 Å². The summed E-state index contributed by atoms with van der Waals surface area (Å²) in [7, 11) is 0. The SMILES string of the molecule is CC1OC(=O)OC1(C)OCC#CC(F)(F)F. The Bertz CT molecular complexity index is 341. The van der Waals surface area contributed by atoms with Gasteiger partial charge in [-0.25, -0.2) is 4.79 Å². The van der Waals surface area contributed by atoms with E-state index in [1.807, 2.05) is 0 Å². The smallest absolute Gasteiger partial charge is 0.424 e. The highest BCUT2D eigenvalue weighted by molar-refractivity contribution is 5.62. The van der Waals surface area contributed by atoms with Crippen LogP contribution in [-0.2, 0) is 14.2 Å². The van der Waals surface area contributed by atoms with Gasteiger partial charge >= 0.3 is 12.3 Å². The van der Waals surface area contributed by atoms with Crippen LogP contribution < -0.4 is 0 Å². The molecule has 0 bridgehead atoms. The number of halogens is 3. The fraction of sp³-hybridized carbons (Fsp3) is 0.667. The molecule has 1 fully saturated rings. The quantitative estimate of drug-likeness (QED) is 0.544. The minimum atomic E-state index is -4.56. The van der Waals surface area contributed by atoms with Gasteiger partial charge in [0.2, 0.25) is 0 Å². The summed E-state index contributed by atoms with van der Waals surface area (Å²) < 4.78 is 49.2. The second-order valence-corrected chi connectivity index (χ2v) is 3.22. The molecule has 16 heavy (non-hydrogen) atoms. The van der Waals surface area contributed by atoms with Crippen LogP contribution in [0.25, 0.3) is 0 Å². The molecule has 0 aromatic carbocycles. The predicted octanol–water partition coefficient (Wildman–Crippen LogP) is 1.84. The Kier molecular flexibility index (Phi) is 3.33. The van der Waals surface area contributed by atoms with Crippen molar-refractivity contribution in [2.45, 2.75) is 31.9 Å². The molecule has 0 aromatic rings. The van der Waals surface area contributed by atoms with Crippen molar-refractivity contribution in [3.63, 3.8) is 0 Å². The zero-order chi connectivity index (χ0) is 12.4. The molecular formula is C9H9F3O4. The summed E-state index contributed by atoms with van der Waals surface area (Å²) in [6.07, 6.45) is -6.18. The molecule has 7 heteroatoms. The molecule has 2 unspecified atom stereocenters. The van der Waals surface area contributed by atoms with E-state index >= 15 is 0 Å². The lowest BCUT2D eigenvalue weighted by atomic mass is 10.2. The van der Waals surface area contributed by atoms with Gasteiger partial charge in [-0.1, -0.05) is 5.92 Å². The first-order chi connectivity index (χ1) is 7.23. The Hall–Kier alpha value is -1.42. The van der Waals surface area contributed by atoms with Crippen LogP contribution in [0.1, 0.15) is 13.8 Å². The number of rotatable bonds is 2. The third kappa shape index (κ3) is 3.31. The first-order valence-corrected chi connectivity index (χ1v) is 4.33. The first kappa shape index (κ1) is 12.6. The van der Waals surface area contributed by atoms with Gasteiger partial charge in [-0.2, -0.15) is 13.2 Å². The Morgan fingerprint density at radius 1 is 1.56 bits per heavy atom. The van der Waals surface area contributed by atoms with Crippen molar-refractivity contribution in [3.8, 4) is 11.8 Å². The predicted molar refractivity (Wildman–Crippen MR) is 45.2 cm³/mol. The first-order valence-electron chi connectivity index (χ1n) is 4.33. The summed E-state index contributed by atoms with van der Waals surface area (Å²) in [6.45, 7) is 2.39. The minimum Gasteiger partial charge on any atom is -0.424 e. The maximum Gasteiger partial charge on any atom is 0.511 e. The Morgan fingerprint density at radius 2 is 2.19 bits per heavy atom. The molecule has 0 spiro atoms. The number of carbonyl (C=O) groups is 1. The summed E-state index contributed by atoms with van der Waals surface area (Å²) in [5.74, 6) is 1.41. The van der Waals surface area contributed by atoms with E-state index in [1.165, 1.54) is 13.8 Å². The highest BCUT2D eigenvalue weighted by Crippen LogP contribution is 2.27. The molecule has 4 nitrogen and oxygen atoms in total. The molecule has 0 saturated carbocycles. The topological polar surface area (TPSA) is 44.8 Å². The van der Waals surface area contributed by atoms with E-state index in [1.54, 1.807) is 5.92 Å². The molecule has 0 aromatic heterocycles. The van der Waals surface area contributed by atoms with E-state index in [4.69, 9.17) is 4.74 Å². The molecule has 0 radical (unpaired) electrons. The zero-order valence-electron chi connectivity index (χ0n) is 8.55. The summed E-state index contributed by atoms with van der Waals surface area (Å²) in [6, 6.07) is 0. The number of hydrogen-bond donors (Lipinski definition) is 0. The van der Waals surface area contributed by atoms with Crippen LogP contribution in [-0.4, -0.2) is 30.8 Å². The summed E-state index contributed by atoms with van der Waals surface area (Å²) >= 11 is 0. The van der Waals surface area contributed by atoms with Gasteiger partial charge in [0.1, 0.15) is 6.61 Å². The van der Waals surface area contributed by atoms with Crippen LogP contribution in [0.3, 0.4) is 0 Å². The fourth-order valence-electron chi connectivity index (χ4n) is 0.986. The van der Waals surface area contributed by atoms with E-state index in [0.717, 1.165) is 5.92 Å². The lowest BCUT2D eigenvalue weighted by molar-refractivity contribution is -0.177. The molecule has 1 saturated heterocycles. The third-order valence-corrected chi connectivity index (χ3v) is 1.96. The van der Waals surface area contributed by atoms with Crippen molar-refractivity contribution >= 4 is 6.16 Å². The molecule has 2 atom stereocenters. The van der Waals surface area contributed by atoms with E-state index in [-0.39, 0.29) is 0 Å². The van der Waals surface area contributed by atoms with Gasteiger partial charge in [-0.3, -0.25) is 0 Å². The highest BCUT2D eigenvalue weighted by atomic mass is 19.4. The minimum absolute atomic E-state index is 0.503. The van der Waals surface area contributed by atoms with Crippen molar-refractivity contribution in [2.24, 2.45) is 0 Å². The molecule has 1 aliphatic heterocycles. The molecule has 1 aliphatic rings. The fourth-order valence-corrected chi connectivity index (χ4v) is 0.986. The Morgan fingerprint density at radius 3 is 2.62 bits per heavy atom. The van der Waals surface area contributed by atoms with Crippen molar-refractivity contribution in [2.75, 3.05) is 6.61 Å². The van der Waals surface area contributed by atoms with Crippen LogP contribution in [0.4, 0.5) is 18.0 Å². The van der Waals surface area contributed by atoms with Crippen LogP contribution >= 0.6 is 0 Å². The van der Waals surface area contributed by atoms with E-state index in [0.29, 0.717) is 0 Å². The molecule has 0 aliphatic carbocycles. The van der Waals surface area contributed by atoms with Crippen LogP contribution in [0, 0.1) is 11.8 Å². The molecule has 0 N–H and O–H groups in total. The van der Waals surface area contributed by atoms with Crippen molar-refractivity contribution < 1.29 is 32.2 Å². The van der Waals surface area contributed by atoms with Gasteiger partial charge in [-0.15, -0.1) is 0 Å². The van der Waals surface area contributed by atoms with Crippen LogP contribution in [0.15, 0.2) is 0 Å². The van der Waals surface area contributed by atoms with E-state index in [9.17, 15) is 18.0 Å². The maximum absolute atomic E-state index is 11.7. The van der Waals surface area contributed by atoms with Gasteiger partial charge in [-0.05, 0) is 6.92 Å². The Balaban J connectivity index is 2.49. The standard InChI is InChI=1S/C9H9F3O4/c1-6-8(2,16-7(13)15-6)14-5-3-4-9(10,11)12/h6H,5H2,1-2H3. The lowest BCUT2D eigenvalue weighted by Gasteiger charge is -2.22. The number of hydrogen-bond acceptors (Lipinski definition) is 4. The monoisotopic (exact) mass is 238 g/mol. The number of ether oxygens (including phenoxy) is 3. The normalized spacial score (nSPS) is 29.1.